The second-order valence-corrected chi connectivity index (χ2v) is 6.25. The Morgan fingerprint density at radius 3 is 2.59 bits per heavy atom. The molecule has 17 heavy (non-hydrogen) atoms. The SMILES string of the molecule is Cc1cc(Br)c(F)cc1NC1CC(C(C)C)C1. The number of anilines is 1. The molecule has 1 N–H and O–H groups in total. The van der Waals surface area contributed by atoms with Crippen LogP contribution in [0.5, 0.6) is 0 Å². The Morgan fingerprint density at radius 1 is 1.35 bits per heavy atom. The van der Waals surface area contributed by atoms with Gasteiger partial charge in [-0.25, -0.2) is 4.39 Å². The minimum Gasteiger partial charge on any atom is -0.382 e. The molecule has 0 radical (unpaired) electrons. The van der Waals surface area contributed by atoms with Gasteiger partial charge >= 0.3 is 0 Å². The Balaban J connectivity index is 1.99. The smallest absolute Gasteiger partial charge is 0.139 e. The zero-order valence-electron chi connectivity index (χ0n) is 10.6. The molecule has 0 aromatic heterocycles. The van der Waals surface area contributed by atoms with Crippen LogP contribution in [0.2, 0.25) is 0 Å². The molecule has 1 nitrogen and oxygen atoms in total. The molecule has 94 valence electrons. The fourth-order valence-electron chi connectivity index (χ4n) is 2.35. The summed E-state index contributed by atoms with van der Waals surface area (Å²) in [6.45, 7) is 6.54. The lowest BCUT2D eigenvalue weighted by Gasteiger charge is -2.39. The third-order valence-corrected chi connectivity index (χ3v) is 4.35. The van der Waals surface area contributed by atoms with Crippen molar-refractivity contribution in [3.05, 3.63) is 28.0 Å². The van der Waals surface area contributed by atoms with Crippen LogP contribution in [0.1, 0.15) is 32.3 Å². The highest BCUT2D eigenvalue weighted by Crippen LogP contribution is 2.36. The van der Waals surface area contributed by atoms with Crippen molar-refractivity contribution in [3.63, 3.8) is 0 Å². The van der Waals surface area contributed by atoms with Gasteiger partial charge in [0.2, 0.25) is 0 Å². The van der Waals surface area contributed by atoms with Crippen LogP contribution < -0.4 is 5.32 Å². The summed E-state index contributed by atoms with van der Waals surface area (Å²) in [4.78, 5) is 0. The molecule has 0 spiro atoms. The van der Waals surface area contributed by atoms with Gasteiger partial charge in [0.25, 0.3) is 0 Å². The van der Waals surface area contributed by atoms with Gasteiger partial charge in [-0.3, -0.25) is 0 Å². The normalized spacial score (nSPS) is 23.6. The maximum atomic E-state index is 13.4. The molecule has 3 heteroatoms. The van der Waals surface area contributed by atoms with Crippen molar-refractivity contribution >= 4 is 21.6 Å². The van der Waals surface area contributed by atoms with Gasteiger partial charge in [-0.15, -0.1) is 0 Å². The highest BCUT2D eigenvalue weighted by atomic mass is 79.9. The molecule has 0 atom stereocenters. The third kappa shape index (κ3) is 2.82. The van der Waals surface area contributed by atoms with Crippen LogP contribution in [0.25, 0.3) is 0 Å². The van der Waals surface area contributed by atoms with E-state index in [1.54, 1.807) is 6.07 Å². The highest BCUT2D eigenvalue weighted by Gasteiger charge is 2.31. The zero-order chi connectivity index (χ0) is 12.6. The Bertz CT molecular complexity index is 411. The van der Waals surface area contributed by atoms with Crippen LogP contribution in [0.3, 0.4) is 0 Å². The molecule has 0 saturated heterocycles. The molecule has 1 aliphatic carbocycles. The van der Waals surface area contributed by atoms with E-state index in [2.05, 4.69) is 35.1 Å². The summed E-state index contributed by atoms with van der Waals surface area (Å²) >= 11 is 3.20. The van der Waals surface area contributed by atoms with Crippen molar-refractivity contribution in [2.45, 2.75) is 39.7 Å². The number of rotatable bonds is 3. The Morgan fingerprint density at radius 2 is 2.00 bits per heavy atom. The number of hydrogen-bond acceptors (Lipinski definition) is 1. The fourth-order valence-corrected chi connectivity index (χ4v) is 2.80. The molecule has 0 bridgehead atoms. The Kier molecular flexibility index (Phi) is 3.76. The fraction of sp³-hybridized carbons (Fsp3) is 0.571. The first-order valence-electron chi connectivity index (χ1n) is 6.19. The topological polar surface area (TPSA) is 12.0 Å². The van der Waals surface area contributed by atoms with E-state index in [1.807, 2.05) is 13.0 Å². The third-order valence-electron chi connectivity index (χ3n) is 3.74. The number of aryl methyl sites for hydroxylation is 1. The lowest BCUT2D eigenvalue weighted by atomic mass is 9.73. The molecule has 0 unspecified atom stereocenters. The quantitative estimate of drug-likeness (QED) is 0.850. The summed E-state index contributed by atoms with van der Waals surface area (Å²) in [7, 11) is 0. The lowest BCUT2D eigenvalue weighted by molar-refractivity contribution is 0.211. The van der Waals surface area contributed by atoms with E-state index in [0.29, 0.717) is 10.5 Å². The van der Waals surface area contributed by atoms with Crippen LogP contribution in [-0.2, 0) is 0 Å². The Hall–Kier alpha value is -0.570. The number of benzene rings is 1. The summed E-state index contributed by atoms with van der Waals surface area (Å²) in [6, 6.07) is 3.93. The molecule has 1 aromatic carbocycles. The summed E-state index contributed by atoms with van der Waals surface area (Å²) in [5.41, 5.74) is 2.02. The summed E-state index contributed by atoms with van der Waals surface area (Å²) in [6.07, 6.45) is 2.41. The van der Waals surface area contributed by atoms with Crippen molar-refractivity contribution in [1.29, 1.82) is 0 Å². The van der Waals surface area contributed by atoms with Crippen molar-refractivity contribution in [2.24, 2.45) is 11.8 Å². The van der Waals surface area contributed by atoms with Gasteiger partial charge < -0.3 is 5.32 Å². The predicted molar refractivity (Wildman–Crippen MR) is 73.8 cm³/mol. The minimum atomic E-state index is -0.196. The van der Waals surface area contributed by atoms with E-state index in [9.17, 15) is 4.39 Å². The summed E-state index contributed by atoms with van der Waals surface area (Å²) in [5, 5.41) is 3.44. The van der Waals surface area contributed by atoms with Crippen molar-refractivity contribution in [2.75, 3.05) is 5.32 Å². The molecular weight excluding hydrogens is 281 g/mol. The second-order valence-electron chi connectivity index (χ2n) is 5.40. The summed E-state index contributed by atoms with van der Waals surface area (Å²) in [5.74, 6) is 1.39. The van der Waals surface area contributed by atoms with Crippen LogP contribution in [-0.4, -0.2) is 6.04 Å². The van der Waals surface area contributed by atoms with E-state index in [-0.39, 0.29) is 5.82 Å². The maximum absolute atomic E-state index is 13.4. The molecule has 2 rings (SSSR count). The van der Waals surface area contributed by atoms with E-state index < -0.39 is 0 Å². The van der Waals surface area contributed by atoms with Gasteiger partial charge in [0, 0.05) is 11.7 Å². The van der Waals surface area contributed by atoms with Gasteiger partial charge in [0.1, 0.15) is 5.82 Å². The van der Waals surface area contributed by atoms with Crippen molar-refractivity contribution in [3.8, 4) is 0 Å². The van der Waals surface area contributed by atoms with Gasteiger partial charge in [-0.05, 0) is 65.2 Å². The van der Waals surface area contributed by atoms with E-state index >= 15 is 0 Å². The summed E-state index contributed by atoms with van der Waals surface area (Å²) < 4.78 is 14.0. The first-order chi connectivity index (χ1) is 7.97. The van der Waals surface area contributed by atoms with Crippen LogP contribution >= 0.6 is 15.9 Å². The molecule has 1 aliphatic rings. The monoisotopic (exact) mass is 299 g/mol. The molecular formula is C14H19BrFN. The molecule has 1 saturated carbocycles. The first-order valence-corrected chi connectivity index (χ1v) is 6.99. The predicted octanol–water partition coefficient (Wildman–Crippen LogP) is 4.74. The van der Waals surface area contributed by atoms with Crippen LogP contribution in [0.15, 0.2) is 16.6 Å². The molecule has 1 fully saturated rings. The van der Waals surface area contributed by atoms with E-state index in [0.717, 1.165) is 23.1 Å². The average molecular weight is 300 g/mol. The van der Waals surface area contributed by atoms with E-state index in [1.165, 1.54) is 12.8 Å². The molecule has 1 aromatic rings. The van der Waals surface area contributed by atoms with Gasteiger partial charge in [0.15, 0.2) is 0 Å². The van der Waals surface area contributed by atoms with E-state index in [4.69, 9.17) is 0 Å². The zero-order valence-corrected chi connectivity index (χ0v) is 12.1. The number of hydrogen-bond donors (Lipinski definition) is 1. The number of halogens is 2. The van der Waals surface area contributed by atoms with Gasteiger partial charge in [-0.1, -0.05) is 13.8 Å². The minimum absolute atomic E-state index is 0.196. The second kappa shape index (κ2) is 4.97. The van der Waals surface area contributed by atoms with Crippen LogP contribution in [0.4, 0.5) is 10.1 Å². The van der Waals surface area contributed by atoms with Crippen molar-refractivity contribution in [1.82, 2.24) is 0 Å². The maximum Gasteiger partial charge on any atom is 0.139 e. The average Bonchev–Trinajstić information content (AvgIpc) is 2.17. The molecule has 0 aliphatic heterocycles. The first kappa shape index (κ1) is 12.9. The number of nitrogens with one attached hydrogen (secondary N) is 1. The molecule has 0 heterocycles. The van der Waals surface area contributed by atoms with Gasteiger partial charge in [0.05, 0.1) is 4.47 Å². The largest absolute Gasteiger partial charge is 0.382 e. The highest BCUT2D eigenvalue weighted by molar-refractivity contribution is 9.10. The van der Waals surface area contributed by atoms with Gasteiger partial charge in [-0.2, -0.15) is 0 Å². The standard InChI is InChI=1S/C14H19BrFN/c1-8(2)10-5-11(6-10)17-14-7-13(16)12(15)4-9(14)3/h4,7-8,10-11,17H,5-6H2,1-3H3. The van der Waals surface area contributed by atoms with Crippen LogP contribution in [0, 0.1) is 24.6 Å². The molecule has 0 amide bonds. The Labute approximate surface area is 111 Å². The lowest BCUT2D eigenvalue weighted by Crippen LogP contribution is -2.38. The van der Waals surface area contributed by atoms with Crippen molar-refractivity contribution < 1.29 is 4.39 Å².